The van der Waals surface area contributed by atoms with E-state index in [0.717, 1.165) is 18.2 Å². The summed E-state index contributed by atoms with van der Waals surface area (Å²) < 4.78 is 15.9. The van der Waals surface area contributed by atoms with Crippen LogP contribution in [0.25, 0.3) is 0 Å². The standard InChI is InChI=1S/C27H22Cl2O6.3Li/c1-33-25-23(29)26(31,14-8-16-34-18-20-10-4-2-5-11-20)24(30)22(28)27(25,32)15-9-17-35-19-21-12-6-3-7-13-21;;;/h2-7,10-13,30H,16-19H2,1H3;;;/q-2;3*+1/p-1. The molecule has 0 fully saturated rings. The first-order valence-corrected chi connectivity index (χ1v) is 11.2. The predicted octanol–water partition coefficient (Wildman–Crippen LogP) is -7.44. The number of methoxy groups -OCH3 is 1. The average molecular weight is 533 g/mol. The second-order valence-electron chi connectivity index (χ2n) is 7.41. The number of hydrogen-bond donors (Lipinski definition) is 0. The van der Waals surface area contributed by atoms with E-state index in [1.807, 2.05) is 60.7 Å². The van der Waals surface area contributed by atoms with E-state index in [2.05, 4.69) is 23.7 Å². The zero-order valence-electron chi connectivity index (χ0n) is 21.8. The zero-order chi connectivity index (χ0) is 25.3. The third-order valence-electron chi connectivity index (χ3n) is 4.96. The van der Waals surface area contributed by atoms with Gasteiger partial charge < -0.3 is 29.5 Å². The number of hydrogen-bond acceptors (Lipinski definition) is 6. The molecule has 0 saturated carbocycles. The summed E-state index contributed by atoms with van der Waals surface area (Å²) in [5.74, 6) is 7.73. The average Bonchev–Trinajstić information content (AvgIpc) is 2.88. The minimum Gasteiger partial charge on any atom is -0.874 e. The van der Waals surface area contributed by atoms with Crippen LogP contribution in [0.5, 0.6) is 0 Å². The van der Waals surface area contributed by atoms with Crippen LogP contribution in [0.3, 0.4) is 0 Å². The molecule has 0 N–H and O–H groups in total. The molecule has 2 aromatic rings. The van der Waals surface area contributed by atoms with Gasteiger partial charge in [0.25, 0.3) is 0 Å². The molecule has 2 atom stereocenters. The number of halogens is 2. The van der Waals surface area contributed by atoms with Gasteiger partial charge in [0.1, 0.15) is 19.0 Å². The van der Waals surface area contributed by atoms with Gasteiger partial charge in [-0.1, -0.05) is 102 Å². The quantitative estimate of drug-likeness (QED) is 0.200. The van der Waals surface area contributed by atoms with Crippen molar-refractivity contribution >= 4 is 23.2 Å². The van der Waals surface area contributed by atoms with Crippen LogP contribution in [0.1, 0.15) is 11.1 Å². The van der Waals surface area contributed by atoms with Crippen molar-refractivity contribution in [3.05, 3.63) is 93.4 Å². The Balaban J connectivity index is 0.00000456. The monoisotopic (exact) mass is 532 g/mol. The normalized spacial score (nSPS) is 19.9. The van der Waals surface area contributed by atoms with Gasteiger partial charge in [0.05, 0.1) is 25.4 Å². The second kappa shape index (κ2) is 17.5. The molecule has 0 heterocycles. The van der Waals surface area contributed by atoms with Crippen molar-refractivity contribution < 1.29 is 86.1 Å². The van der Waals surface area contributed by atoms with Crippen molar-refractivity contribution in [3.63, 3.8) is 0 Å². The predicted molar refractivity (Wildman–Crippen MR) is 126 cm³/mol. The number of ether oxygens (including phenoxy) is 3. The summed E-state index contributed by atoms with van der Waals surface area (Å²) in [5.41, 5.74) is -3.62. The molecule has 11 heteroatoms. The van der Waals surface area contributed by atoms with Gasteiger partial charge in [0.15, 0.2) is 0 Å². The van der Waals surface area contributed by atoms with Crippen LogP contribution in [-0.2, 0) is 27.4 Å². The Morgan fingerprint density at radius 3 is 1.55 bits per heavy atom. The van der Waals surface area contributed by atoms with Crippen LogP contribution in [0.15, 0.2) is 82.2 Å². The topological polar surface area (TPSA) is 96.9 Å². The van der Waals surface area contributed by atoms with E-state index in [0.29, 0.717) is 0 Å². The van der Waals surface area contributed by atoms with Crippen LogP contribution in [-0.4, -0.2) is 31.5 Å². The van der Waals surface area contributed by atoms with Crippen LogP contribution in [0.4, 0.5) is 0 Å². The first-order chi connectivity index (χ1) is 16.8. The van der Waals surface area contributed by atoms with Crippen molar-refractivity contribution in [2.45, 2.75) is 24.4 Å². The van der Waals surface area contributed by atoms with Gasteiger partial charge in [-0.2, -0.15) is 0 Å². The van der Waals surface area contributed by atoms with Crippen LogP contribution in [0.2, 0.25) is 0 Å². The first-order valence-electron chi connectivity index (χ1n) is 10.5. The summed E-state index contributed by atoms with van der Waals surface area (Å²) >= 11 is 12.2. The summed E-state index contributed by atoms with van der Waals surface area (Å²) in [4.78, 5) is 0. The molecule has 0 aromatic heterocycles. The SMILES string of the molecule is COC1=C(Cl)C([O-])(C#CCOCc2ccccc2)C([O-])=C(Cl)C1([O-])C#CCOCc1ccccc1.[Li+].[Li+].[Li+]. The fourth-order valence-corrected chi connectivity index (χ4v) is 3.80. The van der Waals surface area contributed by atoms with Crippen molar-refractivity contribution in [1.29, 1.82) is 0 Å². The summed E-state index contributed by atoms with van der Waals surface area (Å²) in [6.07, 6.45) is 0. The van der Waals surface area contributed by atoms with Crippen molar-refractivity contribution in [2.75, 3.05) is 20.3 Å². The molecular formula is C27H21Cl2Li3O6. The van der Waals surface area contributed by atoms with Gasteiger partial charge in [-0.15, -0.1) is 11.7 Å². The third-order valence-corrected chi connectivity index (χ3v) is 5.84. The van der Waals surface area contributed by atoms with Gasteiger partial charge in [-0.25, -0.2) is 0 Å². The Morgan fingerprint density at radius 2 is 1.13 bits per heavy atom. The van der Waals surface area contributed by atoms with Crippen molar-refractivity contribution in [1.82, 2.24) is 0 Å². The summed E-state index contributed by atoms with van der Waals surface area (Å²) in [7, 11) is 1.13. The molecule has 0 radical (unpaired) electrons. The molecular weight excluding hydrogens is 512 g/mol. The number of benzene rings is 2. The van der Waals surface area contributed by atoms with E-state index < -0.39 is 32.8 Å². The maximum Gasteiger partial charge on any atom is 1.00 e. The van der Waals surface area contributed by atoms with E-state index in [9.17, 15) is 15.3 Å². The molecule has 1 aliphatic carbocycles. The molecule has 38 heavy (non-hydrogen) atoms. The summed E-state index contributed by atoms with van der Waals surface area (Å²) in [6, 6.07) is 18.7. The summed E-state index contributed by atoms with van der Waals surface area (Å²) in [6.45, 7) is 0.280. The Morgan fingerprint density at radius 1 is 0.711 bits per heavy atom. The first kappa shape index (κ1) is 36.9. The van der Waals surface area contributed by atoms with Crippen molar-refractivity contribution in [3.8, 4) is 23.7 Å². The molecule has 182 valence electrons. The Labute approximate surface area is 269 Å². The smallest absolute Gasteiger partial charge is 0.874 e. The van der Waals surface area contributed by atoms with E-state index in [1.54, 1.807) is 0 Å². The molecule has 3 rings (SSSR count). The van der Waals surface area contributed by atoms with Gasteiger partial charge in [0.2, 0.25) is 0 Å². The Kier molecular flexibility index (Phi) is 17.0. The van der Waals surface area contributed by atoms with Gasteiger partial charge in [-0.3, -0.25) is 0 Å². The van der Waals surface area contributed by atoms with Crippen molar-refractivity contribution in [2.24, 2.45) is 0 Å². The molecule has 0 spiro atoms. The van der Waals surface area contributed by atoms with Crippen LogP contribution < -0.4 is 71.9 Å². The molecule has 1 aliphatic rings. The third kappa shape index (κ3) is 8.94. The van der Waals surface area contributed by atoms with Gasteiger partial charge >= 0.3 is 56.6 Å². The minimum absolute atomic E-state index is 0. The molecule has 6 nitrogen and oxygen atoms in total. The van der Waals surface area contributed by atoms with E-state index in [4.69, 9.17) is 37.4 Å². The largest absolute Gasteiger partial charge is 1.00 e. The maximum absolute atomic E-state index is 13.4. The maximum atomic E-state index is 13.4. The minimum atomic E-state index is -2.81. The molecule has 0 amide bonds. The molecule has 2 aromatic carbocycles. The molecule has 0 bridgehead atoms. The van der Waals surface area contributed by atoms with Crippen LogP contribution >= 0.6 is 23.2 Å². The molecule has 0 aliphatic heterocycles. The Bertz CT molecular complexity index is 1220. The fraction of sp³-hybridized carbons (Fsp3) is 0.259. The fourth-order valence-electron chi connectivity index (χ4n) is 3.19. The van der Waals surface area contributed by atoms with E-state index >= 15 is 0 Å². The zero-order valence-corrected chi connectivity index (χ0v) is 23.3. The molecule has 2 unspecified atom stereocenters. The summed E-state index contributed by atoms with van der Waals surface area (Å²) in [5, 5.41) is 37.9. The van der Waals surface area contributed by atoms with Gasteiger partial charge in [-0.05, 0) is 11.1 Å². The molecule has 0 saturated heterocycles. The van der Waals surface area contributed by atoms with E-state index in [1.165, 1.54) is 0 Å². The Hall–Kier alpha value is -1.15. The van der Waals surface area contributed by atoms with Crippen LogP contribution in [0, 0.1) is 23.7 Å². The second-order valence-corrected chi connectivity index (χ2v) is 8.17. The number of rotatable bonds is 7. The van der Waals surface area contributed by atoms with E-state index in [-0.39, 0.29) is 83.0 Å². The van der Waals surface area contributed by atoms with Gasteiger partial charge in [0, 0.05) is 16.2 Å².